The third kappa shape index (κ3) is 3.91. The van der Waals surface area contributed by atoms with Gasteiger partial charge >= 0.3 is 0 Å². The number of rotatable bonds is 5. The summed E-state index contributed by atoms with van der Waals surface area (Å²) < 4.78 is 6.95. The van der Waals surface area contributed by atoms with Crippen molar-refractivity contribution in [2.75, 3.05) is 31.6 Å². The van der Waals surface area contributed by atoms with Crippen molar-refractivity contribution < 1.29 is 9.53 Å². The summed E-state index contributed by atoms with van der Waals surface area (Å²) in [7, 11) is 1.59. The largest absolute Gasteiger partial charge is 0.495 e. The van der Waals surface area contributed by atoms with Gasteiger partial charge in [0.15, 0.2) is 11.5 Å². The molecule has 0 saturated carbocycles. The Morgan fingerprint density at radius 1 is 1.24 bits per heavy atom. The van der Waals surface area contributed by atoms with E-state index in [1.165, 1.54) is 0 Å². The molecule has 168 valence electrons. The number of methoxy groups -OCH3 is 1. The van der Waals surface area contributed by atoms with E-state index in [1.807, 2.05) is 30.3 Å². The SMILES string of the molecule is C=C1CN(c2ccc(Cl)c(OC)c2)CCN1C(=O)Cn1nc(-c2ncc[nH]2)c2cccnc21. The Bertz CT molecular complexity index is 1330. The molecule has 4 heterocycles. The minimum atomic E-state index is -0.0885. The molecule has 3 aromatic heterocycles. The molecule has 0 spiro atoms. The second-order valence-electron chi connectivity index (χ2n) is 7.67. The number of amides is 1. The van der Waals surface area contributed by atoms with Gasteiger partial charge in [0, 0.05) is 49.1 Å². The zero-order valence-electron chi connectivity index (χ0n) is 18.0. The van der Waals surface area contributed by atoms with E-state index in [2.05, 4.69) is 31.5 Å². The molecular formula is C23H22ClN7O2. The maximum absolute atomic E-state index is 13.2. The first-order valence-electron chi connectivity index (χ1n) is 10.4. The third-order valence-corrected chi connectivity index (χ3v) is 5.98. The lowest BCUT2D eigenvalue weighted by molar-refractivity contribution is -0.130. The number of hydrogen-bond donors (Lipinski definition) is 1. The van der Waals surface area contributed by atoms with Crippen molar-refractivity contribution in [1.82, 2.24) is 29.6 Å². The second kappa shape index (κ2) is 8.59. The van der Waals surface area contributed by atoms with Crippen molar-refractivity contribution in [3.8, 4) is 17.3 Å². The van der Waals surface area contributed by atoms with Crippen LogP contribution in [0.2, 0.25) is 5.02 Å². The van der Waals surface area contributed by atoms with E-state index in [1.54, 1.807) is 35.3 Å². The lowest BCUT2D eigenvalue weighted by Gasteiger charge is -2.37. The van der Waals surface area contributed by atoms with Crippen LogP contribution in [0.4, 0.5) is 5.69 Å². The fourth-order valence-corrected chi connectivity index (χ4v) is 4.23. The van der Waals surface area contributed by atoms with Crippen LogP contribution in [0.5, 0.6) is 5.75 Å². The molecular weight excluding hydrogens is 442 g/mol. The normalized spacial score (nSPS) is 14.2. The van der Waals surface area contributed by atoms with E-state index in [0.29, 0.717) is 47.6 Å². The van der Waals surface area contributed by atoms with Crippen molar-refractivity contribution in [1.29, 1.82) is 0 Å². The van der Waals surface area contributed by atoms with E-state index in [9.17, 15) is 4.79 Å². The monoisotopic (exact) mass is 463 g/mol. The van der Waals surface area contributed by atoms with E-state index in [4.69, 9.17) is 16.3 Å². The number of carbonyl (C=O) groups is 1. The van der Waals surface area contributed by atoms with Gasteiger partial charge in [0.1, 0.15) is 18.0 Å². The van der Waals surface area contributed by atoms with Gasteiger partial charge in [-0.15, -0.1) is 0 Å². The van der Waals surface area contributed by atoms with Gasteiger partial charge in [-0.1, -0.05) is 18.2 Å². The number of nitrogens with zero attached hydrogens (tertiary/aromatic N) is 6. The lowest BCUT2D eigenvalue weighted by Crippen LogP contribution is -2.47. The van der Waals surface area contributed by atoms with Crippen LogP contribution in [0.3, 0.4) is 0 Å². The average Bonchev–Trinajstić information content (AvgIpc) is 3.48. The topological polar surface area (TPSA) is 92.2 Å². The molecule has 1 N–H and O–H groups in total. The van der Waals surface area contributed by atoms with Crippen LogP contribution in [-0.4, -0.2) is 62.3 Å². The van der Waals surface area contributed by atoms with Crippen LogP contribution in [0.25, 0.3) is 22.6 Å². The molecule has 33 heavy (non-hydrogen) atoms. The summed E-state index contributed by atoms with van der Waals surface area (Å²) in [5.74, 6) is 1.16. The summed E-state index contributed by atoms with van der Waals surface area (Å²) in [5, 5.41) is 6.02. The second-order valence-corrected chi connectivity index (χ2v) is 8.08. The number of H-pyrrole nitrogens is 1. The highest BCUT2D eigenvalue weighted by atomic mass is 35.5. The van der Waals surface area contributed by atoms with Crippen molar-refractivity contribution in [3.05, 3.63) is 66.2 Å². The van der Waals surface area contributed by atoms with Gasteiger partial charge in [-0.2, -0.15) is 5.10 Å². The molecule has 0 aliphatic carbocycles. The zero-order valence-corrected chi connectivity index (χ0v) is 18.8. The zero-order chi connectivity index (χ0) is 22.9. The van der Waals surface area contributed by atoms with Crippen molar-refractivity contribution in [2.45, 2.75) is 6.54 Å². The Labute approximate surface area is 195 Å². The number of anilines is 1. The summed E-state index contributed by atoms with van der Waals surface area (Å²) in [6.07, 6.45) is 5.10. The maximum atomic E-state index is 13.2. The Balaban J connectivity index is 1.33. The number of halogens is 1. The summed E-state index contributed by atoms with van der Waals surface area (Å²) in [4.78, 5) is 28.9. The Morgan fingerprint density at radius 3 is 2.88 bits per heavy atom. The van der Waals surface area contributed by atoms with Gasteiger partial charge in [0.05, 0.1) is 24.1 Å². The Hall–Kier alpha value is -3.85. The first-order valence-corrected chi connectivity index (χ1v) is 10.8. The highest BCUT2D eigenvalue weighted by Gasteiger charge is 2.26. The standard InChI is InChI=1S/C23H22ClN7O2/c1-15-13-29(16-5-6-18(24)19(12-16)33-2)10-11-30(15)20(32)14-31-23-17(4-3-7-27-23)21(28-31)22-25-8-9-26-22/h3-9,12H,1,10-11,13-14H2,2H3,(H,25,26). The number of nitrogens with one attached hydrogen (secondary N) is 1. The van der Waals surface area contributed by atoms with Crippen LogP contribution < -0.4 is 9.64 Å². The summed E-state index contributed by atoms with van der Waals surface area (Å²) in [5.41, 5.74) is 2.98. The summed E-state index contributed by atoms with van der Waals surface area (Å²) in [6.45, 7) is 5.90. The van der Waals surface area contributed by atoms with Crippen LogP contribution in [0, 0.1) is 0 Å². The number of hydrogen-bond acceptors (Lipinski definition) is 6. The number of aromatic amines is 1. The maximum Gasteiger partial charge on any atom is 0.248 e. The van der Waals surface area contributed by atoms with Gasteiger partial charge in [0.25, 0.3) is 0 Å². The average molecular weight is 464 g/mol. The van der Waals surface area contributed by atoms with E-state index < -0.39 is 0 Å². The van der Waals surface area contributed by atoms with E-state index in [0.717, 1.165) is 16.8 Å². The molecule has 1 fully saturated rings. The number of benzene rings is 1. The number of carbonyl (C=O) groups excluding carboxylic acids is 1. The van der Waals surface area contributed by atoms with E-state index in [-0.39, 0.29) is 12.5 Å². The van der Waals surface area contributed by atoms with Gasteiger partial charge in [-0.3, -0.25) is 4.79 Å². The fourth-order valence-electron chi connectivity index (χ4n) is 4.03. The minimum Gasteiger partial charge on any atom is -0.495 e. The fraction of sp³-hybridized carbons (Fsp3) is 0.217. The molecule has 10 heteroatoms. The highest BCUT2D eigenvalue weighted by molar-refractivity contribution is 6.32. The molecule has 0 atom stereocenters. The Morgan fingerprint density at radius 2 is 2.12 bits per heavy atom. The summed E-state index contributed by atoms with van der Waals surface area (Å²) >= 11 is 6.15. The van der Waals surface area contributed by atoms with Crippen molar-refractivity contribution in [3.63, 3.8) is 0 Å². The van der Waals surface area contributed by atoms with Gasteiger partial charge in [-0.25, -0.2) is 14.6 Å². The van der Waals surface area contributed by atoms with Crippen LogP contribution in [0.1, 0.15) is 0 Å². The number of pyridine rings is 1. The van der Waals surface area contributed by atoms with Crippen molar-refractivity contribution in [2.24, 2.45) is 0 Å². The van der Waals surface area contributed by atoms with Gasteiger partial charge in [-0.05, 0) is 24.3 Å². The molecule has 1 saturated heterocycles. The van der Waals surface area contributed by atoms with Crippen LogP contribution in [-0.2, 0) is 11.3 Å². The molecule has 0 radical (unpaired) electrons. The molecule has 1 aromatic carbocycles. The molecule has 1 aliphatic heterocycles. The molecule has 9 nitrogen and oxygen atoms in total. The molecule has 0 bridgehead atoms. The summed E-state index contributed by atoms with van der Waals surface area (Å²) in [6, 6.07) is 9.41. The third-order valence-electron chi connectivity index (χ3n) is 5.66. The number of ether oxygens (including phenoxy) is 1. The predicted octanol–water partition coefficient (Wildman–Crippen LogP) is 3.35. The Kier molecular flexibility index (Phi) is 5.47. The number of piperazine rings is 1. The number of imidazole rings is 1. The molecule has 5 rings (SSSR count). The van der Waals surface area contributed by atoms with Crippen molar-refractivity contribution >= 4 is 34.2 Å². The first-order chi connectivity index (χ1) is 16.0. The molecule has 0 unspecified atom stereocenters. The minimum absolute atomic E-state index is 0.0575. The van der Waals surface area contributed by atoms with Crippen LogP contribution >= 0.6 is 11.6 Å². The van der Waals surface area contributed by atoms with E-state index >= 15 is 0 Å². The van der Waals surface area contributed by atoms with Gasteiger partial charge in [0.2, 0.25) is 5.91 Å². The van der Waals surface area contributed by atoms with Crippen LogP contribution in [0.15, 0.2) is 61.2 Å². The number of fused-ring (bicyclic) bond motifs is 1. The highest BCUT2D eigenvalue weighted by Crippen LogP contribution is 2.31. The molecule has 4 aromatic rings. The predicted molar refractivity (Wildman–Crippen MR) is 126 cm³/mol. The first kappa shape index (κ1) is 21.0. The lowest BCUT2D eigenvalue weighted by atomic mass is 10.2. The molecule has 1 aliphatic rings. The molecule has 1 amide bonds. The van der Waals surface area contributed by atoms with Gasteiger partial charge < -0.3 is 19.5 Å². The number of aromatic nitrogens is 5. The smallest absolute Gasteiger partial charge is 0.248 e. The quantitative estimate of drug-likeness (QED) is 0.488.